The molecule has 6 heteroatoms. The summed E-state index contributed by atoms with van der Waals surface area (Å²) in [5.41, 5.74) is 5.18. The van der Waals surface area contributed by atoms with Crippen LogP contribution >= 0.6 is 11.8 Å². The number of hydrogen-bond donors (Lipinski definition) is 2. The molecule has 0 atom stereocenters. The normalized spacial score (nSPS) is 10.3. The molecule has 0 aliphatic heterocycles. The van der Waals surface area contributed by atoms with Gasteiger partial charge in [0.1, 0.15) is 11.6 Å². The van der Waals surface area contributed by atoms with Gasteiger partial charge in [-0.15, -0.1) is 11.8 Å². The highest BCUT2D eigenvalue weighted by Gasteiger charge is 2.16. The Morgan fingerprint density at radius 3 is 2.35 bits per heavy atom. The number of para-hydroxylation sites is 1. The first kappa shape index (κ1) is 14.3. The predicted molar refractivity (Wildman–Crippen MR) is 75.7 cm³/mol. The summed E-state index contributed by atoms with van der Waals surface area (Å²) in [4.78, 5) is 0.766. The molecule has 0 heterocycles. The third-order valence-corrected chi connectivity index (χ3v) is 3.37. The maximum atomic E-state index is 13.9. The van der Waals surface area contributed by atoms with Gasteiger partial charge in [0, 0.05) is 10.5 Å². The average Bonchev–Trinajstić information content (AvgIpc) is 2.42. The van der Waals surface area contributed by atoms with Crippen molar-refractivity contribution < 1.29 is 13.5 Å². The minimum absolute atomic E-state index is 0.0227. The molecule has 3 N–H and O–H groups in total. The van der Waals surface area contributed by atoms with Crippen LogP contribution in [0, 0.1) is 17.0 Å². The molecule has 2 aromatic rings. The van der Waals surface area contributed by atoms with Gasteiger partial charge in [0.25, 0.3) is 0 Å². The highest BCUT2D eigenvalue weighted by molar-refractivity contribution is 7.98. The number of nitrogens with two attached hydrogens (primary N) is 1. The van der Waals surface area contributed by atoms with E-state index in [-0.39, 0.29) is 5.56 Å². The third kappa shape index (κ3) is 2.91. The fourth-order valence-corrected chi connectivity index (χ4v) is 2.15. The van der Waals surface area contributed by atoms with E-state index in [0.29, 0.717) is 5.75 Å². The molecule has 0 spiro atoms. The lowest BCUT2D eigenvalue weighted by Gasteiger charge is -2.11. The molecule has 2 aromatic carbocycles. The molecule has 0 amide bonds. The molecule has 0 aromatic heterocycles. The van der Waals surface area contributed by atoms with E-state index in [1.54, 1.807) is 18.2 Å². The van der Waals surface area contributed by atoms with Crippen LogP contribution in [0.25, 0.3) is 0 Å². The van der Waals surface area contributed by atoms with Crippen LogP contribution in [0.3, 0.4) is 0 Å². The molecule has 0 aliphatic rings. The third-order valence-electron chi connectivity index (χ3n) is 2.59. The van der Waals surface area contributed by atoms with Gasteiger partial charge in [-0.25, -0.2) is 8.78 Å². The Morgan fingerprint density at radius 2 is 1.80 bits per heavy atom. The first-order chi connectivity index (χ1) is 9.52. The predicted octanol–water partition coefficient (Wildman–Crippen LogP) is 3.76. The van der Waals surface area contributed by atoms with Gasteiger partial charge in [0.15, 0.2) is 17.4 Å². The molecular weight excluding hydrogens is 282 g/mol. The summed E-state index contributed by atoms with van der Waals surface area (Å²) in [6, 6.07) is 8.90. The monoisotopic (exact) mass is 294 g/mol. The first-order valence-electron chi connectivity index (χ1n) is 5.67. The van der Waals surface area contributed by atoms with Gasteiger partial charge in [-0.1, -0.05) is 12.1 Å². The van der Waals surface area contributed by atoms with Crippen molar-refractivity contribution in [1.82, 2.24) is 0 Å². The lowest BCUT2D eigenvalue weighted by molar-refractivity contribution is 0.400. The van der Waals surface area contributed by atoms with Crippen molar-refractivity contribution in [2.45, 2.75) is 4.90 Å². The highest BCUT2D eigenvalue weighted by atomic mass is 32.2. The molecule has 0 saturated heterocycles. The lowest BCUT2D eigenvalue weighted by atomic mass is 10.2. The van der Waals surface area contributed by atoms with Crippen molar-refractivity contribution in [2.75, 3.05) is 6.26 Å². The van der Waals surface area contributed by atoms with Crippen LogP contribution in [-0.2, 0) is 0 Å². The van der Waals surface area contributed by atoms with Gasteiger partial charge >= 0.3 is 0 Å². The maximum absolute atomic E-state index is 13.9. The van der Waals surface area contributed by atoms with E-state index in [0.717, 1.165) is 17.0 Å². The van der Waals surface area contributed by atoms with E-state index in [1.807, 2.05) is 12.3 Å². The summed E-state index contributed by atoms with van der Waals surface area (Å²) < 4.78 is 33.1. The van der Waals surface area contributed by atoms with Crippen LogP contribution in [0.15, 0.2) is 41.3 Å². The minimum atomic E-state index is -0.897. The standard InChI is InChI=1S/C14H12F2N2OS/c1-20-12-5-3-2-4-11(12)19-13-9(15)6-8(14(17)18)7-10(13)16/h2-7H,1H3,(H3,17,18). The van der Waals surface area contributed by atoms with Gasteiger partial charge < -0.3 is 10.5 Å². The Labute approximate surface area is 119 Å². The van der Waals surface area contributed by atoms with Gasteiger partial charge in [0.2, 0.25) is 0 Å². The van der Waals surface area contributed by atoms with Crippen molar-refractivity contribution >= 4 is 17.6 Å². The van der Waals surface area contributed by atoms with E-state index in [1.165, 1.54) is 11.8 Å². The van der Waals surface area contributed by atoms with E-state index < -0.39 is 23.2 Å². The number of nitrogens with one attached hydrogen (secondary N) is 1. The van der Waals surface area contributed by atoms with Crippen molar-refractivity contribution in [2.24, 2.45) is 5.73 Å². The van der Waals surface area contributed by atoms with Crippen molar-refractivity contribution in [3.8, 4) is 11.5 Å². The SMILES string of the molecule is CSc1ccccc1Oc1c(F)cc(C(=N)N)cc1F. The number of nitrogen functional groups attached to an aromatic ring is 1. The molecule has 20 heavy (non-hydrogen) atoms. The van der Waals surface area contributed by atoms with Gasteiger partial charge in [-0.05, 0) is 30.5 Å². The second-order valence-corrected chi connectivity index (χ2v) is 4.78. The number of amidine groups is 1. The van der Waals surface area contributed by atoms with Crippen LogP contribution in [-0.4, -0.2) is 12.1 Å². The smallest absolute Gasteiger partial charge is 0.198 e. The van der Waals surface area contributed by atoms with Crippen molar-refractivity contribution in [1.29, 1.82) is 5.41 Å². The molecule has 0 unspecified atom stereocenters. The summed E-state index contributed by atoms with van der Waals surface area (Å²) in [7, 11) is 0. The zero-order valence-corrected chi connectivity index (χ0v) is 11.4. The van der Waals surface area contributed by atoms with E-state index >= 15 is 0 Å². The van der Waals surface area contributed by atoms with E-state index in [2.05, 4.69) is 0 Å². The Bertz CT molecular complexity index is 638. The van der Waals surface area contributed by atoms with Crippen LogP contribution < -0.4 is 10.5 Å². The average molecular weight is 294 g/mol. The highest BCUT2D eigenvalue weighted by Crippen LogP contribution is 2.34. The molecule has 0 saturated carbocycles. The van der Waals surface area contributed by atoms with Crippen molar-refractivity contribution in [3.63, 3.8) is 0 Å². The van der Waals surface area contributed by atoms with Gasteiger partial charge in [-0.2, -0.15) is 0 Å². The van der Waals surface area contributed by atoms with Crippen LogP contribution in [0.5, 0.6) is 11.5 Å². The number of benzene rings is 2. The molecule has 3 nitrogen and oxygen atoms in total. The number of ether oxygens (including phenoxy) is 1. The number of hydrogen-bond acceptors (Lipinski definition) is 3. The minimum Gasteiger partial charge on any atom is -0.450 e. The topological polar surface area (TPSA) is 59.1 Å². The fourth-order valence-electron chi connectivity index (χ4n) is 1.63. The van der Waals surface area contributed by atoms with Crippen LogP contribution in [0.4, 0.5) is 8.78 Å². The quantitative estimate of drug-likeness (QED) is 0.513. The van der Waals surface area contributed by atoms with Crippen LogP contribution in [0.2, 0.25) is 0 Å². The second-order valence-electron chi connectivity index (χ2n) is 3.94. The molecule has 2 rings (SSSR count). The van der Waals surface area contributed by atoms with Crippen molar-refractivity contribution in [3.05, 3.63) is 53.6 Å². The first-order valence-corrected chi connectivity index (χ1v) is 6.89. The van der Waals surface area contributed by atoms with Gasteiger partial charge in [-0.3, -0.25) is 5.41 Å². The van der Waals surface area contributed by atoms with Crippen LogP contribution in [0.1, 0.15) is 5.56 Å². The van der Waals surface area contributed by atoms with Gasteiger partial charge in [0.05, 0.1) is 0 Å². The molecule has 0 fully saturated rings. The summed E-state index contributed by atoms with van der Waals surface area (Å²) in [6.45, 7) is 0. The zero-order valence-electron chi connectivity index (χ0n) is 10.6. The molecular formula is C14H12F2N2OS. The fraction of sp³-hybridized carbons (Fsp3) is 0.0714. The second kappa shape index (κ2) is 5.92. The van der Waals surface area contributed by atoms with E-state index in [9.17, 15) is 8.78 Å². The summed E-state index contributed by atoms with van der Waals surface area (Å²) in [5, 5.41) is 7.18. The Balaban J connectivity index is 2.41. The lowest BCUT2D eigenvalue weighted by Crippen LogP contribution is -2.12. The summed E-state index contributed by atoms with van der Waals surface area (Å²) >= 11 is 1.41. The van der Waals surface area contributed by atoms with E-state index in [4.69, 9.17) is 15.9 Å². The summed E-state index contributed by atoms with van der Waals surface area (Å²) in [6.07, 6.45) is 1.84. The number of thioether (sulfide) groups is 1. The molecule has 104 valence electrons. The summed E-state index contributed by atoms with van der Waals surface area (Å²) in [5.74, 6) is -2.33. The Morgan fingerprint density at radius 1 is 1.20 bits per heavy atom. The number of halogens is 2. The molecule has 0 bridgehead atoms. The Kier molecular flexibility index (Phi) is 4.24. The largest absolute Gasteiger partial charge is 0.450 e. The maximum Gasteiger partial charge on any atom is 0.198 e. The zero-order chi connectivity index (χ0) is 14.7. The molecule has 0 aliphatic carbocycles. The molecule has 0 radical (unpaired) electrons. The Hall–Kier alpha value is -2.08. The number of rotatable bonds is 4.